The van der Waals surface area contributed by atoms with Crippen molar-refractivity contribution in [2.24, 2.45) is 0 Å². The average molecular weight is 258 g/mol. The molecule has 1 atom stereocenters. The molecular weight excluding hydrogens is 246 g/mol. The molecule has 17 heavy (non-hydrogen) atoms. The number of carbonyl (C=O) groups excluding carboxylic acids is 1. The minimum absolute atomic E-state index is 0.0956. The first-order valence-electron chi connectivity index (χ1n) is 4.82. The van der Waals surface area contributed by atoms with Crippen molar-refractivity contribution in [3.63, 3.8) is 0 Å². The Labute approximate surface area is 103 Å². The molecule has 0 aliphatic carbocycles. The molecule has 92 valence electrons. The van der Waals surface area contributed by atoms with Crippen LogP contribution in [0.5, 0.6) is 0 Å². The Morgan fingerprint density at radius 1 is 1.53 bits per heavy atom. The van der Waals surface area contributed by atoms with E-state index in [0.29, 0.717) is 10.6 Å². The second-order valence-corrected chi connectivity index (χ2v) is 3.77. The molecule has 0 saturated heterocycles. The van der Waals surface area contributed by atoms with Crippen LogP contribution in [-0.4, -0.2) is 36.7 Å². The zero-order chi connectivity index (χ0) is 12.8. The molecule has 0 saturated carbocycles. The number of hydrogen-bond acceptors (Lipinski definition) is 3. The van der Waals surface area contributed by atoms with Crippen LogP contribution >= 0.6 is 11.6 Å². The molecule has 2 N–H and O–H groups in total. The molecule has 0 spiro atoms. The summed E-state index contributed by atoms with van der Waals surface area (Å²) in [5, 5.41) is 11.6. The second-order valence-electron chi connectivity index (χ2n) is 3.33. The van der Waals surface area contributed by atoms with Gasteiger partial charge in [-0.1, -0.05) is 17.7 Å². The van der Waals surface area contributed by atoms with Crippen molar-refractivity contribution in [1.29, 1.82) is 0 Å². The van der Waals surface area contributed by atoms with Crippen LogP contribution in [-0.2, 0) is 9.53 Å². The first-order chi connectivity index (χ1) is 8.04. The molecule has 0 aliphatic rings. The SMILES string of the molecule is COCC(NC(=O)c1cccc(Cl)c1)C(=O)O. The third-order valence-corrected chi connectivity index (χ3v) is 2.26. The van der Waals surface area contributed by atoms with Gasteiger partial charge in [0, 0.05) is 17.7 Å². The predicted octanol–water partition coefficient (Wildman–Crippen LogP) is 1.17. The summed E-state index contributed by atoms with van der Waals surface area (Å²) in [6, 6.07) is 5.17. The van der Waals surface area contributed by atoms with E-state index in [1.54, 1.807) is 18.2 Å². The average Bonchev–Trinajstić information content (AvgIpc) is 2.28. The van der Waals surface area contributed by atoms with E-state index in [2.05, 4.69) is 5.32 Å². The number of halogens is 1. The molecule has 6 heteroatoms. The van der Waals surface area contributed by atoms with Crippen LogP contribution in [0.2, 0.25) is 5.02 Å². The van der Waals surface area contributed by atoms with E-state index in [-0.39, 0.29) is 6.61 Å². The molecule has 0 fully saturated rings. The van der Waals surface area contributed by atoms with Crippen molar-refractivity contribution in [2.75, 3.05) is 13.7 Å². The van der Waals surface area contributed by atoms with E-state index in [1.165, 1.54) is 13.2 Å². The van der Waals surface area contributed by atoms with E-state index < -0.39 is 17.9 Å². The monoisotopic (exact) mass is 257 g/mol. The van der Waals surface area contributed by atoms with E-state index in [9.17, 15) is 9.59 Å². The van der Waals surface area contributed by atoms with Gasteiger partial charge in [-0.05, 0) is 18.2 Å². The lowest BCUT2D eigenvalue weighted by Gasteiger charge is -2.13. The summed E-state index contributed by atoms with van der Waals surface area (Å²) in [6.07, 6.45) is 0. The number of amides is 1. The zero-order valence-electron chi connectivity index (χ0n) is 9.14. The number of nitrogens with one attached hydrogen (secondary N) is 1. The molecule has 0 aromatic heterocycles. The van der Waals surface area contributed by atoms with Crippen molar-refractivity contribution >= 4 is 23.5 Å². The van der Waals surface area contributed by atoms with Crippen LogP contribution in [0.3, 0.4) is 0 Å². The predicted molar refractivity (Wildman–Crippen MR) is 62.2 cm³/mol. The molecule has 0 heterocycles. The van der Waals surface area contributed by atoms with Crippen molar-refractivity contribution in [2.45, 2.75) is 6.04 Å². The maximum absolute atomic E-state index is 11.7. The molecule has 1 amide bonds. The number of carbonyl (C=O) groups is 2. The first kappa shape index (κ1) is 13.5. The second kappa shape index (κ2) is 6.22. The van der Waals surface area contributed by atoms with Crippen LogP contribution in [0.1, 0.15) is 10.4 Å². The minimum atomic E-state index is -1.15. The van der Waals surface area contributed by atoms with E-state index >= 15 is 0 Å². The Morgan fingerprint density at radius 2 is 2.24 bits per heavy atom. The third kappa shape index (κ3) is 4.05. The van der Waals surface area contributed by atoms with Gasteiger partial charge in [0.2, 0.25) is 0 Å². The number of rotatable bonds is 5. The number of carboxylic acid groups (broad SMARTS) is 1. The number of ether oxygens (including phenoxy) is 1. The largest absolute Gasteiger partial charge is 0.480 e. The van der Waals surface area contributed by atoms with Gasteiger partial charge in [0.05, 0.1) is 6.61 Å². The van der Waals surface area contributed by atoms with Gasteiger partial charge in [-0.15, -0.1) is 0 Å². The number of carboxylic acids is 1. The van der Waals surface area contributed by atoms with Gasteiger partial charge >= 0.3 is 5.97 Å². The maximum Gasteiger partial charge on any atom is 0.328 e. The van der Waals surface area contributed by atoms with Gasteiger partial charge in [0.15, 0.2) is 6.04 Å². The summed E-state index contributed by atoms with van der Waals surface area (Å²) in [5.41, 5.74) is 0.305. The minimum Gasteiger partial charge on any atom is -0.480 e. The molecule has 5 nitrogen and oxygen atoms in total. The van der Waals surface area contributed by atoms with Crippen LogP contribution in [0.4, 0.5) is 0 Å². The molecule has 0 bridgehead atoms. The summed E-state index contributed by atoms with van der Waals surface area (Å²) >= 11 is 5.73. The topological polar surface area (TPSA) is 75.6 Å². The summed E-state index contributed by atoms with van der Waals surface area (Å²) in [6.45, 7) is -0.0956. The fourth-order valence-corrected chi connectivity index (χ4v) is 1.40. The highest BCUT2D eigenvalue weighted by Gasteiger charge is 2.20. The highest BCUT2D eigenvalue weighted by molar-refractivity contribution is 6.30. The Kier molecular flexibility index (Phi) is 4.93. The van der Waals surface area contributed by atoms with E-state index in [4.69, 9.17) is 21.4 Å². The zero-order valence-corrected chi connectivity index (χ0v) is 9.90. The van der Waals surface area contributed by atoms with Crippen molar-refractivity contribution in [1.82, 2.24) is 5.32 Å². The van der Waals surface area contributed by atoms with Crippen molar-refractivity contribution < 1.29 is 19.4 Å². The summed E-state index contributed by atoms with van der Waals surface area (Å²) in [4.78, 5) is 22.5. The normalized spacial score (nSPS) is 11.9. The fourth-order valence-electron chi connectivity index (χ4n) is 1.21. The van der Waals surface area contributed by atoms with Crippen LogP contribution in [0.15, 0.2) is 24.3 Å². The van der Waals surface area contributed by atoms with Gasteiger partial charge in [-0.2, -0.15) is 0 Å². The van der Waals surface area contributed by atoms with Gasteiger partial charge in [-0.25, -0.2) is 4.79 Å². The standard InChI is InChI=1S/C11H12ClNO4/c1-17-6-9(11(15)16)13-10(14)7-3-2-4-8(12)5-7/h2-5,9H,6H2,1H3,(H,13,14)(H,15,16). The lowest BCUT2D eigenvalue weighted by molar-refractivity contribution is -0.140. The fraction of sp³-hybridized carbons (Fsp3) is 0.273. The molecule has 1 unspecified atom stereocenters. The van der Waals surface area contributed by atoms with Crippen LogP contribution < -0.4 is 5.32 Å². The van der Waals surface area contributed by atoms with Gasteiger partial charge in [0.1, 0.15) is 0 Å². The Balaban J connectivity index is 2.73. The third-order valence-electron chi connectivity index (χ3n) is 2.02. The number of aliphatic carboxylic acids is 1. The summed E-state index contributed by atoms with van der Waals surface area (Å²) in [7, 11) is 1.36. The molecule has 0 aliphatic heterocycles. The Morgan fingerprint density at radius 3 is 2.76 bits per heavy atom. The number of benzene rings is 1. The quantitative estimate of drug-likeness (QED) is 0.830. The highest BCUT2D eigenvalue weighted by Crippen LogP contribution is 2.10. The van der Waals surface area contributed by atoms with E-state index in [1.807, 2.05) is 0 Å². The number of methoxy groups -OCH3 is 1. The smallest absolute Gasteiger partial charge is 0.328 e. The first-order valence-corrected chi connectivity index (χ1v) is 5.20. The Hall–Kier alpha value is -1.59. The lowest BCUT2D eigenvalue weighted by atomic mass is 10.2. The van der Waals surface area contributed by atoms with Crippen LogP contribution in [0, 0.1) is 0 Å². The van der Waals surface area contributed by atoms with Gasteiger partial charge in [-0.3, -0.25) is 4.79 Å². The molecule has 0 radical (unpaired) electrons. The maximum atomic E-state index is 11.7. The molecule has 1 aromatic carbocycles. The van der Waals surface area contributed by atoms with Gasteiger partial charge < -0.3 is 15.2 Å². The molecular formula is C11H12ClNO4. The van der Waals surface area contributed by atoms with Gasteiger partial charge in [0.25, 0.3) is 5.91 Å². The molecule has 1 aromatic rings. The van der Waals surface area contributed by atoms with E-state index in [0.717, 1.165) is 0 Å². The van der Waals surface area contributed by atoms with Crippen LogP contribution in [0.25, 0.3) is 0 Å². The Bertz CT molecular complexity index is 422. The molecule has 1 rings (SSSR count). The van der Waals surface area contributed by atoms with Crippen molar-refractivity contribution in [3.8, 4) is 0 Å². The summed E-state index contributed by atoms with van der Waals surface area (Å²) in [5.74, 6) is -1.65. The van der Waals surface area contributed by atoms with Crippen molar-refractivity contribution in [3.05, 3.63) is 34.9 Å². The number of hydrogen-bond donors (Lipinski definition) is 2. The lowest BCUT2D eigenvalue weighted by Crippen LogP contribution is -2.43. The highest BCUT2D eigenvalue weighted by atomic mass is 35.5. The summed E-state index contributed by atoms with van der Waals surface area (Å²) < 4.78 is 4.70.